The van der Waals surface area contributed by atoms with Gasteiger partial charge < -0.3 is 14.9 Å². The van der Waals surface area contributed by atoms with Crippen molar-refractivity contribution in [1.29, 1.82) is 0 Å². The zero-order valence-corrected chi connectivity index (χ0v) is 5.91. The van der Waals surface area contributed by atoms with Gasteiger partial charge in [-0.25, -0.2) is 0 Å². The van der Waals surface area contributed by atoms with Crippen molar-refractivity contribution in [2.45, 2.75) is 0 Å². The Hall–Kier alpha value is -0.420. The van der Waals surface area contributed by atoms with E-state index >= 15 is 0 Å². The molecule has 0 saturated carbocycles. The maximum Gasteiger partial charge on any atom is 0.339 e. The average Bonchev–Trinajstić information content (AvgIpc) is 1.59. The number of nitrogens with one attached hydrogen (secondary N) is 1. The van der Waals surface area contributed by atoms with Gasteiger partial charge in [0.05, 0.1) is 12.8 Å². The second-order valence-corrected chi connectivity index (χ2v) is 3.29. The minimum absolute atomic E-state index is 0.439. The Morgan fingerprint density at radius 2 is 2.00 bits per heavy atom. The van der Waals surface area contributed by atoms with Crippen molar-refractivity contribution in [3.05, 3.63) is 0 Å². The molecule has 0 aliphatic rings. The van der Waals surface area contributed by atoms with E-state index in [1.807, 2.05) is 0 Å². The normalized spacial score (nSPS) is 11.4. The zero-order chi connectivity index (χ0) is 8.20. The van der Waals surface area contributed by atoms with Gasteiger partial charge in [0.1, 0.15) is 0 Å². The van der Waals surface area contributed by atoms with Crippen LogP contribution >= 0.6 is 7.60 Å². The van der Waals surface area contributed by atoms with Crippen molar-refractivity contribution < 1.29 is 24.3 Å². The molecule has 0 amide bonds. The molecule has 10 heavy (non-hydrogen) atoms. The van der Waals surface area contributed by atoms with Crippen LogP contribution in [0.1, 0.15) is 0 Å². The summed E-state index contributed by atoms with van der Waals surface area (Å²) in [6.45, 7) is -0.439. The third kappa shape index (κ3) is 7.58. The Bertz CT molecular complexity index is 162. The first-order valence-electron chi connectivity index (χ1n) is 2.39. The Labute approximate surface area is 57.0 Å². The summed E-state index contributed by atoms with van der Waals surface area (Å²) >= 11 is 0. The van der Waals surface area contributed by atoms with Crippen LogP contribution in [0.15, 0.2) is 0 Å². The van der Waals surface area contributed by atoms with Gasteiger partial charge in [0, 0.05) is 0 Å². The van der Waals surface area contributed by atoms with Crippen LogP contribution in [-0.2, 0) is 9.36 Å². The van der Waals surface area contributed by atoms with Gasteiger partial charge >= 0.3 is 13.6 Å². The number of rotatable bonds is 4. The number of hydrogen-bond acceptors (Lipinski definition) is 3. The van der Waals surface area contributed by atoms with Gasteiger partial charge in [-0.1, -0.05) is 0 Å². The van der Waals surface area contributed by atoms with E-state index in [2.05, 4.69) is 5.32 Å². The average molecular weight is 171 g/mol. The fourth-order valence-corrected chi connectivity index (χ4v) is 0.712. The minimum Gasteiger partial charge on any atom is -0.480 e. The van der Waals surface area contributed by atoms with Crippen LogP contribution in [0.25, 0.3) is 0 Å². The molecule has 0 heterocycles. The molecule has 0 aliphatic carbocycles. The predicted molar refractivity (Wildman–Crippen MR) is 32.5 cm³/mol. The second-order valence-electron chi connectivity index (χ2n) is 1.64. The molecule has 0 aromatic rings. The summed E-state index contributed by atoms with van der Waals surface area (Å²) in [4.78, 5) is 26.1. The lowest BCUT2D eigenvalue weighted by molar-refractivity contribution is -0.135. The van der Waals surface area contributed by atoms with Crippen LogP contribution in [0, 0.1) is 0 Å². The Morgan fingerprint density at radius 1 is 1.50 bits per heavy atom. The Kier molecular flexibility index (Phi) is 3.52. The fourth-order valence-electron chi connectivity index (χ4n) is 0.308. The molecule has 0 fully saturated rings. The molecule has 7 heteroatoms. The van der Waals surface area contributed by atoms with E-state index in [0.717, 1.165) is 0 Å². The number of hydrogen-bond donors (Lipinski definition) is 4. The Morgan fingerprint density at radius 3 is 2.30 bits per heavy atom. The molecule has 0 bridgehead atoms. The van der Waals surface area contributed by atoms with E-state index in [1.54, 1.807) is 0 Å². The summed E-state index contributed by atoms with van der Waals surface area (Å²) in [5, 5.41) is 10.1. The van der Waals surface area contributed by atoms with Crippen molar-refractivity contribution in [2.75, 3.05) is 12.8 Å². The molecular formula is C3H8NO5P. The molecule has 0 saturated heterocycles. The Balaban J connectivity index is 3.39. The largest absolute Gasteiger partial charge is 0.480 e. The van der Waals surface area contributed by atoms with Crippen molar-refractivity contribution in [3.8, 4) is 0 Å². The first-order chi connectivity index (χ1) is 4.42. The summed E-state index contributed by atoms with van der Waals surface area (Å²) in [6.07, 6.45) is -0.598. The molecule has 0 rings (SSSR count). The maximum atomic E-state index is 10.1. The number of carboxylic acid groups (broad SMARTS) is 1. The van der Waals surface area contributed by atoms with Crippen molar-refractivity contribution in [3.63, 3.8) is 0 Å². The quantitative estimate of drug-likeness (QED) is 0.312. The summed E-state index contributed by atoms with van der Waals surface area (Å²) in [5.41, 5.74) is 0. The lowest BCUT2D eigenvalue weighted by atomic mass is 11.3. The molecule has 0 unspecified atom stereocenters. The van der Waals surface area contributed by atoms with Crippen LogP contribution in [0.5, 0.6) is 0 Å². The first kappa shape index (κ1) is 9.58. The van der Waals surface area contributed by atoms with Crippen LogP contribution < -0.4 is 5.32 Å². The molecule has 0 aromatic carbocycles. The predicted octanol–water partition coefficient (Wildman–Crippen LogP) is -1.20. The smallest absolute Gasteiger partial charge is 0.339 e. The molecule has 4 N–H and O–H groups in total. The monoisotopic (exact) mass is 171 g/mol. The summed E-state index contributed by atoms with van der Waals surface area (Å²) in [5.74, 6) is -1.14. The van der Waals surface area contributed by atoms with E-state index in [9.17, 15) is 9.36 Å². The minimum atomic E-state index is -4.10. The molecule has 0 aromatic heterocycles. The van der Waals surface area contributed by atoms with Gasteiger partial charge in [0.15, 0.2) is 0 Å². The summed E-state index contributed by atoms with van der Waals surface area (Å²) in [6, 6.07) is 0. The fraction of sp³-hybridized carbons (Fsp3) is 0.667. The summed E-state index contributed by atoms with van der Waals surface area (Å²) in [7, 11) is -4.10. The lowest BCUT2D eigenvalue weighted by Crippen LogP contribution is -2.23. The van der Waals surface area contributed by atoms with Crippen molar-refractivity contribution in [1.82, 2.24) is 5.32 Å². The number of carbonyl (C=O) groups is 1. The molecule has 60 valence electrons. The van der Waals surface area contributed by atoms with Gasteiger partial charge in [-0.3, -0.25) is 14.7 Å². The standard InChI is InChI=1S/C3H8NO5P/c5-3(6)1-4-2-10(7,8)9/h4H,1-2H2,(H,5,6)(H2,7,8,9)/i1+1,3+1. The van der Waals surface area contributed by atoms with Crippen molar-refractivity contribution >= 4 is 13.6 Å². The van der Waals surface area contributed by atoms with E-state index < -0.39 is 26.4 Å². The highest BCUT2D eigenvalue weighted by molar-refractivity contribution is 7.51. The van der Waals surface area contributed by atoms with Crippen LogP contribution in [-0.4, -0.2) is 33.7 Å². The van der Waals surface area contributed by atoms with E-state index in [4.69, 9.17) is 14.9 Å². The number of carboxylic acids is 1. The first-order valence-corrected chi connectivity index (χ1v) is 4.18. The SMILES string of the molecule is O=[13C](O)[13CH2]NCP(=O)(O)O. The molecule has 6 nitrogen and oxygen atoms in total. The van der Waals surface area contributed by atoms with E-state index in [0.29, 0.717) is 0 Å². The molecule has 0 radical (unpaired) electrons. The topological polar surface area (TPSA) is 107 Å². The van der Waals surface area contributed by atoms with E-state index in [1.165, 1.54) is 0 Å². The van der Waals surface area contributed by atoms with Crippen molar-refractivity contribution in [2.24, 2.45) is 0 Å². The van der Waals surface area contributed by atoms with E-state index in [-0.39, 0.29) is 0 Å². The van der Waals surface area contributed by atoms with Crippen LogP contribution in [0.4, 0.5) is 0 Å². The third-order valence-electron chi connectivity index (χ3n) is 0.594. The zero-order valence-electron chi connectivity index (χ0n) is 5.02. The van der Waals surface area contributed by atoms with Gasteiger partial charge in [0.25, 0.3) is 0 Å². The summed E-state index contributed by atoms with van der Waals surface area (Å²) < 4.78 is 10.1. The van der Waals surface area contributed by atoms with Gasteiger partial charge in [0.2, 0.25) is 0 Å². The molecule has 0 atom stereocenters. The van der Waals surface area contributed by atoms with Crippen LogP contribution in [0.3, 0.4) is 0 Å². The highest BCUT2D eigenvalue weighted by atomic mass is 31.2. The van der Waals surface area contributed by atoms with Crippen LogP contribution in [0.2, 0.25) is 0 Å². The van der Waals surface area contributed by atoms with Gasteiger partial charge in [-0.15, -0.1) is 0 Å². The molecule has 0 aliphatic heterocycles. The lowest BCUT2D eigenvalue weighted by Gasteiger charge is -2.02. The number of aliphatic carboxylic acids is 1. The van der Waals surface area contributed by atoms with Gasteiger partial charge in [-0.2, -0.15) is 0 Å². The highest BCUT2D eigenvalue weighted by Crippen LogP contribution is 2.31. The second kappa shape index (κ2) is 3.68. The third-order valence-corrected chi connectivity index (χ3v) is 1.23. The molecular weight excluding hydrogens is 163 g/mol. The maximum absolute atomic E-state index is 10.1. The highest BCUT2D eigenvalue weighted by Gasteiger charge is 2.11. The van der Waals surface area contributed by atoms with Gasteiger partial charge in [-0.05, 0) is 0 Å². The molecule has 0 spiro atoms.